The molecule has 14 heteroatoms. The summed E-state index contributed by atoms with van der Waals surface area (Å²) in [4.78, 5) is 50.7. The van der Waals surface area contributed by atoms with Crippen LogP contribution in [0.2, 0.25) is 0 Å². The van der Waals surface area contributed by atoms with Gasteiger partial charge in [-0.15, -0.1) is 0 Å². The molecule has 0 saturated carbocycles. The molecule has 0 aliphatic heterocycles. The van der Waals surface area contributed by atoms with Crippen molar-refractivity contribution < 1.29 is 47.7 Å². The Morgan fingerprint density at radius 3 is 1.73 bits per heavy atom. The fourth-order valence-corrected chi connectivity index (χ4v) is 3.69. The van der Waals surface area contributed by atoms with Crippen LogP contribution >= 0.6 is 0 Å². The van der Waals surface area contributed by atoms with Crippen LogP contribution in [0.5, 0.6) is 34.5 Å². The Labute approximate surface area is 251 Å². The molecule has 0 aliphatic carbocycles. The standard InChI is InChI=1S/C30H27N3O11/c1-5-32(6-2)28(34)20(18-31)15-19-16-25(33(37)38)27(44-30(36)42-24-13-9-22(40-4)10-14-24)26(17-19)43-29(35)41-23-11-7-21(39-3)8-12-23/h7-17H,5-6H2,1-4H3. The third kappa shape index (κ3) is 8.46. The molecule has 44 heavy (non-hydrogen) atoms. The number of nitro benzene ring substituents is 1. The first-order valence-corrected chi connectivity index (χ1v) is 12.9. The highest BCUT2D eigenvalue weighted by Gasteiger charge is 2.28. The van der Waals surface area contributed by atoms with Crippen molar-refractivity contribution in [2.24, 2.45) is 0 Å². The van der Waals surface area contributed by atoms with E-state index in [0.717, 1.165) is 18.2 Å². The number of amides is 1. The molecule has 0 atom stereocenters. The van der Waals surface area contributed by atoms with E-state index in [4.69, 9.17) is 28.4 Å². The zero-order chi connectivity index (χ0) is 32.2. The summed E-state index contributed by atoms with van der Waals surface area (Å²) in [6.07, 6.45) is -1.67. The normalized spacial score (nSPS) is 10.6. The van der Waals surface area contributed by atoms with E-state index in [1.807, 2.05) is 0 Å². The molecule has 3 rings (SSSR count). The van der Waals surface area contributed by atoms with E-state index in [1.165, 1.54) is 67.7 Å². The third-order valence-electron chi connectivity index (χ3n) is 5.87. The quantitative estimate of drug-likeness (QED) is 0.0666. The van der Waals surface area contributed by atoms with E-state index < -0.39 is 40.3 Å². The van der Waals surface area contributed by atoms with E-state index >= 15 is 0 Å². The molecule has 0 heterocycles. The van der Waals surface area contributed by atoms with Crippen LogP contribution < -0.4 is 28.4 Å². The first-order valence-electron chi connectivity index (χ1n) is 12.9. The number of nitro groups is 1. The van der Waals surface area contributed by atoms with Crippen molar-refractivity contribution in [3.63, 3.8) is 0 Å². The van der Waals surface area contributed by atoms with Gasteiger partial charge < -0.3 is 33.3 Å². The Bertz CT molecular complexity index is 1590. The lowest BCUT2D eigenvalue weighted by atomic mass is 10.1. The maximum Gasteiger partial charge on any atom is 0.519 e. The maximum atomic E-state index is 12.8. The van der Waals surface area contributed by atoms with Gasteiger partial charge in [-0.3, -0.25) is 14.9 Å². The van der Waals surface area contributed by atoms with Gasteiger partial charge in [0, 0.05) is 19.2 Å². The molecule has 0 fully saturated rings. The van der Waals surface area contributed by atoms with Gasteiger partial charge in [0.1, 0.15) is 34.6 Å². The van der Waals surface area contributed by atoms with Crippen molar-refractivity contribution in [3.8, 4) is 40.6 Å². The molecule has 0 radical (unpaired) electrons. The molecule has 0 aliphatic rings. The molecule has 228 valence electrons. The lowest BCUT2D eigenvalue weighted by Gasteiger charge is -2.17. The summed E-state index contributed by atoms with van der Waals surface area (Å²) in [6, 6.07) is 15.4. The minimum absolute atomic E-state index is 0.0213. The van der Waals surface area contributed by atoms with Gasteiger partial charge in [0.25, 0.3) is 11.7 Å². The molecule has 0 unspecified atom stereocenters. The second-order valence-electron chi connectivity index (χ2n) is 8.53. The molecule has 3 aromatic rings. The van der Waals surface area contributed by atoms with Crippen LogP contribution in [0.3, 0.4) is 0 Å². The van der Waals surface area contributed by atoms with Crippen LogP contribution in [-0.2, 0) is 4.79 Å². The third-order valence-corrected chi connectivity index (χ3v) is 5.87. The summed E-state index contributed by atoms with van der Waals surface area (Å²) < 4.78 is 30.7. The van der Waals surface area contributed by atoms with Crippen molar-refractivity contribution >= 4 is 30.0 Å². The van der Waals surface area contributed by atoms with Gasteiger partial charge in [-0.05, 0) is 80.1 Å². The number of nitriles is 1. The summed E-state index contributed by atoms with van der Waals surface area (Å²) >= 11 is 0. The highest BCUT2D eigenvalue weighted by atomic mass is 16.7. The second-order valence-corrected chi connectivity index (χ2v) is 8.53. The maximum absolute atomic E-state index is 12.8. The molecule has 0 bridgehead atoms. The van der Waals surface area contributed by atoms with E-state index in [0.29, 0.717) is 24.6 Å². The minimum atomic E-state index is -1.40. The highest BCUT2D eigenvalue weighted by Crippen LogP contribution is 2.40. The Hall–Kier alpha value is -6.10. The Balaban J connectivity index is 2.04. The highest BCUT2D eigenvalue weighted by molar-refractivity contribution is 6.02. The van der Waals surface area contributed by atoms with Gasteiger partial charge in [0.05, 0.1) is 19.1 Å². The van der Waals surface area contributed by atoms with Gasteiger partial charge in [-0.1, -0.05) is 0 Å². The number of carbonyl (C=O) groups excluding carboxylic acids is 3. The topological polar surface area (TPSA) is 177 Å². The molecule has 0 saturated heterocycles. The monoisotopic (exact) mass is 605 g/mol. The number of methoxy groups -OCH3 is 2. The van der Waals surface area contributed by atoms with Crippen molar-refractivity contribution in [2.75, 3.05) is 27.3 Å². The van der Waals surface area contributed by atoms with Gasteiger partial charge in [0.15, 0.2) is 5.75 Å². The summed E-state index contributed by atoms with van der Waals surface area (Å²) in [5.41, 5.74) is -1.27. The first-order chi connectivity index (χ1) is 21.1. The van der Waals surface area contributed by atoms with Gasteiger partial charge in [-0.2, -0.15) is 5.26 Å². The lowest BCUT2D eigenvalue weighted by Crippen LogP contribution is -2.31. The fraction of sp³-hybridized carbons (Fsp3) is 0.200. The molecule has 0 N–H and O–H groups in total. The summed E-state index contributed by atoms with van der Waals surface area (Å²) in [5, 5.41) is 21.7. The number of likely N-dealkylation sites (N-methyl/N-ethyl adjacent to an activating group) is 1. The summed E-state index contributed by atoms with van der Waals surface area (Å²) in [5.74, 6) is -1.03. The predicted octanol–water partition coefficient (Wildman–Crippen LogP) is 5.54. The Morgan fingerprint density at radius 2 is 1.30 bits per heavy atom. The smallest absolute Gasteiger partial charge is 0.497 e. The second kappa shape index (κ2) is 15.2. The molecular weight excluding hydrogens is 578 g/mol. The number of hydrogen-bond donors (Lipinski definition) is 0. The van der Waals surface area contributed by atoms with Gasteiger partial charge in [-0.25, -0.2) is 9.59 Å². The molecule has 14 nitrogen and oxygen atoms in total. The Morgan fingerprint density at radius 1 is 0.818 bits per heavy atom. The summed E-state index contributed by atoms with van der Waals surface area (Å²) in [6.45, 7) is 4.06. The van der Waals surface area contributed by atoms with Gasteiger partial charge in [0.2, 0.25) is 0 Å². The van der Waals surface area contributed by atoms with Crippen LogP contribution in [0.4, 0.5) is 15.3 Å². The van der Waals surface area contributed by atoms with E-state index in [2.05, 4.69) is 0 Å². The molecule has 1 amide bonds. The van der Waals surface area contributed by atoms with Crippen LogP contribution in [0.1, 0.15) is 19.4 Å². The van der Waals surface area contributed by atoms with Crippen LogP contribution in [-0.4, -0.2) is 55.4 Å². The van der Waals surface area contributed by atoms with Crippen LogP contribution in [0.15, 0.2) is 66.2 Å². The largest absolute Gasteiger partial charge is 0.519 e. The van der Waals surface area contributed by atoms with Crippen molar-refractivity contribution in [1.29, 1.82) is 5.26 Å². The van der Waals surface area contributed by atoms with E-state index in [9.17, 15) is 29.8 Å². The Kier molecular flexibility index (Phi) is 11.2. The number of benzene rings is 3. The number of nitrogens with zero attached hydrogens (tertiary/aromatic N) is 3. The average molecular weight is 606 g/mol. The molecule has 0 spiro atoms. The van der Waals surface area contributed by atoms with Crippen LogP contribution in [0, 0.1) is 21.4 Å². The molecule has 3 aromatic carbocycles. The summed E-state index contributed by atoms with van der Waals surface area (Å²) in [7, 11) is 2.90. The number of carbonyl (C=O) groups is 3. The zero-order valence-corrected chi connectivity index (χ0v) is 24.1. The lowest BCUT2D eigenvalue weighted by molar-refractivity contribution is -0.385. The number of ether oxygens (including phenoxy) is 6. The van der Waals surface area contributed by atoms with Gasteiger partial charge >= 0.3 is 18.0 Å². The van der Waals surface area contributed by atoms with Crippen molar-refractivity contribution in [2.45, 2.75) is 13.8 Å². The minimum Gasteiger partial charge on any atom is -0.497 e. The first kappa shape index (κ1) is 32.4. The van der Waals surface area contributed by atoms with E-state index in [-0.39, 0.29) is 22.6 Å². The fourth-order valence-electron chi connectivity index (χ4n) is 3.69. The number of rotatable bonds is 11. The molecule has 0 aromatic heterocycles. The molecular formula is C30H27N3O11. The van der Waals surface area contributed by atoms with E-state index in [1.54, 1.807) is 19.9 Å². The van der Waals surface area contributed by atoms with Crippen molar-refractivity contribution in [1.82, 2.24) is 4.90 Å². The average Bonchev–Trinajstić information content (AvgIpc) is 3.01. The zero-order valence-electron chi connectivity index (χ0n) is 24.1. The number of hydrogen-bond acceptors (Lipinski definition) is 12. The van der Waals surface area contributed by atoms with Crippen LogP contribution in [0.25, 0.3) is 6.08 Å². The predicted molar refractivity (Wildman–Crippen MR) is 154 cm³/mol. The van der Waals surface area contributed by atoms with Crippen molar-refractivity contribution in [3.05, 3.63) is 81.9 Å². The SMILES string of the molecule is CCN(CC)C(=O)C(C#N)=Cc1cc(OC(=O)Oc2ccc(OC)cc2)c(OC(=O)Oc2ccc(OC)cc2)c([N+](=O)[O-])c1.